The van der Waals surface area contributed by atoms with Gasteiger partial charge in [-0.15, -0.1) is 0 Å². The predicted octanol–water partition coefficient (Wildman–Crippen LogP) is 2.16. The Morgan fingerprint density at radius 1 is 1.36 bits per heavy atom. The number of aromatic amines is 1. The van der Waals surface area contributed by atoms with Crippen LogP contribution in [0.4, 0.5) is 0 Å². The number of hydrogen-bond acceptors (Lipinski definition) is 1. The molecule has 1 aromatic heterocycles. The monoisotopic (exact) mass is 147 g/mol. The van der Waals surface area contributed by atoms with Crippen molar-refractivity contribution in [2.75, 3.05) is 0 Å². The molecule has 2 heteroatoms. The molecule has 0 spiro atoms. The summed E-state index contributed by atoms with van der Waals surface area (Å²) in [5, 5.41) is 0. The van der Waals surface area contributed by atoms with Crippen LogP contribution in [0, 0.1) is 0 Å². The second-order valence-corrected chi connectivity index (χ2v) is 2.40. The quantitative estimate of drug-likeness (QED) is 0.646. The number of ether oxygens (including phenoxy) is 1. The number of allylic oxidation sites excluding steroid dienone is 2. The van der Waals surface area contributed by atoms with E-state index in [1.165, 1.54) is 0 Å². The Kier molecular flexibility index (Phi) is 1.52. The highest BCUT2D eigenvalue weighted by Gasteiger charge is 2.08. The van der Waals surface area contributed by atoms with Crippen LogP contribution in [-0.4, -0.2) is 4.98 Å². The van der Waals surface area contributed by atoms with Gasteiger partial charge >= 0.3 is 0 Å². The van der Waals surface area contributed by atoms with Crippen molar-refractivity contribution in [1.29, 1.82) is 0 Å². The third kappa shape index (κ3) is 1.19. The van der Waals surface area contributed by atoms with Gasteiger partial charge in [0.15, 0.2) is 6.10 Å². The first kappa shape index (κ1) is 6.28. The summed E-state index contributed by atoms with van der Waals surface area (Å²) in [7, 11) is 0. The first-order chi connectivity index (χ1) is 5.47. The van der Waals surface area contributed by atoms with Crippen molar-refractivity contribution in [1.82, 2.24) is 4.98 Å². The van der Waals surface area contributed by atoms with Gasteiger partial charge in [-0.25, -0.2) is 0 Å². The largest absolute Gasteiger partial charge is 0.488 e. The van der Waals surface area contributed by atoms with E-state index in [9.17, 15) is 0 Å². The fourth-order valence-electron chi connectivity index (χ4n) is 1.08. The molecule has 2 rings (SSSR count). The second kappa shape index (κ2) is 2.66. The molecule has 1 unspecified atom stereocenters. The summed E-state index contributed by atoms with van der Waals surface area (Å²) in [5.74, 6) is 0. The normalized spacial score (nSPS) is 21.6. The van der Waals surface area contributed by atoms with Gasteiger partial charge in [0, 0.05) is 6.20 Å². The first-order valence-corrected chi connectivity index (χ1v) is 3.59. The number of rotatable bonds is 1. The van der Waals surface area contributed by atoms with Gasteiger partial charge in [-0.1, -0.05) is 6.08 Å². The molecule has 11 heavy (non-hydrogen) atoms. The van der Waals surface area contributed by atoms with Crippen LogP contribution >= 0.6 is 0 Å². The summed E-state index contributed by atoms with van der Waals surface area (Å²) in [6.45, 7) is 0. The molecule has 0 radical (unpaired) electrons. The summed E-state index contributed by atoms with van der Waals surface area (Å²) >= 11 is 0. The van der Waals surface area contributed by atoms with Gasteiger partial charge in [0.2, 0.25) is 0 Å². The molecule has 0 saturated heterocycles. The van der Waals surface area contributed by atoms with E-state index in [4.69, 9.17) is 4.74 Å². The molecule has 1 N–H and O–H groups in total. The molecule has 0 aromatic carbocycles. The zero-order valence-electron chi connectivity index (χ0n) is 6.03. The Bertz CT molecular complexity index is 272. The number of hydrogen-bond donors (Lipinski definition) is 1. The second-order valence-electron chi connectivity index (χ2n) is 2.40. The molecule has 0 fully saturated rings. The predicted molar refractivity (Wildman–Crippen MR) is 42.9 cm³/mol. The van der Waals surface area contributed by atoms with Gasteiger partial charge in [-0.05, 0) is 24.3 Å². The zero-order valence-corrected chi connectivity index (χ0v) is 6.03. The van der Waals surface area contributed by atoms with E-state index in [1.54, 1.807) is 6.26 Å². The van der Waals surface area contributed by atoms with Gasteiger partial charge in [-0.2, -0.15) is 0 Å². The highest BCUT2D eigenvalue weighted by Crippen LogP contribution is 2.19. The molecule has 0 aliphatic carbocycles. The maximum absolute atomic E-state index is 5.32. The zero-order chi connectivity index (χ0) is 7.52. The lowest BCUT2D eigenvalue weighted by atomic mass is 10.2. The molecule has 1 aliphatic rings. The van der Waals surface area contributed by atoms with Crippen molar-refractivity contribution in [2.24, 2.45) is 0 Å². The van der Waals surface area contributed by atoms with Crippen molar-refractivity contribution in [3.8, 4) is 0 Å². The molecule has 1 atom stereocenters. The maximum Gasteiger partial charge on any atom is 0.156 e. The van der Waals surface area contributed by atoms with Crippen LogP contribution in [0.1, 0.15) is 11.8 Å². The molecule has 56 valence electrons. The topological polar surface area (TPSA) is 25.0 Å². The van der Waals surface area contributed by atoms with E-state index in [-0.39, 0.29) is 6.10 Å². The molecular formula is C9H9NO. The molecule has 0 saturated carbocycles. The van der Waals surface area contributed by atoms with Gasteiger partial charge in [-0.3, -0.25) is 0 Å². The highest BCUT2D eigenvalue weighted by molar-refractivity contribution is 5.18. The van der Waals surface area contributed by atoms with E-state index in [2.05, 4.69) is 4.98 Å². The van der Waals surface area contributed by atoms with Gasteiger partial charge < -0.3 is 9.72 Å². The minimum absolute atomic E-state index is 0.0648. The number of nitrogens with one attached hydrogen (secondary N) is 1. The summed E-state index contributed by atoms with van der Waals surface area (Å²) in [5.41, 5.74) is 1.09. The van der Waals surface area contributed by atoms with Crippen LogP contribution in [0.2, 0.25) is 0 Å². The van der Waals surface area contributed by atoms with Gasteiger partial charge in [0.25, 0.3) is 0 Å². The van der Waals surface area contributed by atoms with Crippen LogP contribution in [0.3, 0.4) is 0 Å². The van der Waals surface area contributed by atoms with Gasteiger partial charge in [0.1, 0.15) is 0 Å². The number of aromatic nitrogens is 1. The van der Waals surface area contributed by atoms with E-state index >= 15 is 0 Å². The maximum atomic E-state index is 5.32. The van der Waals surface area contributed by atoms with Crippen LogP contribution in [0.5, 0.6) is 0 Å². The average Bonchev–Trinajstić information content (AvgIpc) is 2.58. The molecular weight excluding hydrogens is 138 g/mol. The van der Waals surface area contributed by atoms with E-state index in [0.717, 1.165) is 5.69 Å². The first-order valence-electron chi connectivity index (χ1n) is 3.59. The molecule has 1 aliphatic heterocycles. The van der Waals surface area contributed by atoms with Crippen molar-refractivity contribution in [2.45, 2.75) is 6.10 Å². The van der Waals surface area contributed by atoms with E-state index in [1.807, 2.05) is 36.6 Å². The van der Waals surface area contributed by atoms with Crippen LogP contribution in [0.15, 0.2) is 42.8 Å². The van der Waals surface area contributed by atoms with Crippen LogP contribution in [0.25, 0.3) is 0 Å². The average molecular weight is 147 g/mol. The number of H-pyrrole nitrogens is 1. The summed E-state index contributed by atoms with van der Waals surface area (Å²) in [6, 6.07) is 3.97. The summed E-state index contributed by atoms with van der Waals surface area (Å²) in [4.78, 5) is 3.10. The Labute approximate surface area is 65.2 Å². The molecule has 0 bridgehead atoms. The fourth-order valence-corrected chi connectivity index (χ4v) is 1.08. The SMILES string of the molecule is C1=COC(c2ccc[nH]2)C=C1. The van der Waals surface area contributed by atoms with Crippen molar-refractivity contribution >= 4 is 0 Å². The van der Waals surface area contributed by atoms with Crippen molar-refractivity contribution in [3.05, 3.63) is 48.5 Å². The summed E-state index contributed by atoms with van der Waals surface area (Å²) < 4.78 is 5.32. The highest BCUT2D eigenvalue weighted by atomic mass is 16.5. The Balaban J connectivity index is 2.19. The molecule has 2 heterocycles. The minimum atomic E-state index is 0.0648. The lowest BCUT2D eigenvalue weighted by molar-refractivity contribution is 0.183. The fraction of sp³-hybridized carbons (Fsp3) is 0.111. The third-order valence-electron chi connectivity index (χ3n) is 1.63. The molecule has 2 nitrogen and oxygen atoms in total. The summed E-state index contributed by atoms with van der Waals surface area (Å²) in [6.07, 6.45) is 9.52. The van der Waals surface area contributed by atoms with E-state index < -0.39 is 0 Å². The molecule has 1 aromatic rings. The Hall–Kier alpha value is -1.44. The smallest absolute Gasteiger partial charge is 0.156 e. The van der Waals surface area contributed by atoms with E-state index in [0.29, 0.717) is 0 Å². The van der Waals surface area contributed by atoms with Crippen molar-refractivity contribution in [3.63, 3.8) is 0 Å². The van der Waals surface area contributed by atoms with Crippen LogP contribution < -0.4 is 0 Å². The molecule has 0 amide bonds. The van der Waals surface area contributed by atoms with Gasteiger partial charge in [0.05, 0.1) is 12.0 Å². The van der Waals surface area contributed by atoms with Crippen molar-refractivity contribution < 1.29 is 4.74 Å². The minimum Gasteiger partial charge on any atom is -0.488 e. The van der Waals surface area contributed by atoms with Crippen LogP contribution in [-0.2, 0) is 4.74 Å². The lowest BCUT2D eigenvalue weighted by Gasteiger charge is -2.12. The standard InChI is InChI=1S/C9H9NO/c1-2-7-11-9(5-1)8-4-3-6-10-8/h1-7,9-10H. The Morgan fingerprint density at radius 3 is 3.00 bits per heavy atom. The Morgan fingerprint density at radius 2 is 2.36 bits per heavy atom. The third-order valence-corrected chi connectivity index (χ3v) is 1.63. The lowest BCUT2D eigenvalue weighted by Crippen LogP contribution is -1.98.